The Kier molecular flexibility index (Phi) is 22.1. The molecule has 7 heteroatoms. The molecule has 1 aliphatic heterocycles. The number of rotatable bonds is 22. The van der Waals surface area contributed by atoms with Gasteiger partial charge in [-0.1, -0.05) is 96.5 Å². The molecule has 6 nitrogen and oxygen atoms in total. The highest BCUT2D eigenvalue weighted by atomic mass is 127. The Balaban J connectivity index is 0.00000722. The minimum atomic E-state index is -0.396. The molecule has 38 heavy (non-hydrogen) atoms. The summed E-state index contributed by atoms with van der Waals surface area (Å²) >= 11 is 0. The molecule has 0 radical (unpaired) electrons. The van der Waals surface area contributed by atoms with Gasteiger partial charge in [0.1, 0.15) is 19.7 Å². The van der Waals surface area contributed by atoms with Gasteiger partial charge in [-0.25, -0.2) is 9.36 Å². The zero-order valence-electron chi connectivity index (χ0n) is 24.3. The molecule has 2 atom stereocenters. The normalized spacial score (nSPS) is 16.8. The van der Waals surface area contributed by atoms with Crippen LogP contribution in [0.3, 0.4) is 0 Å². The first-order valence-electron chi connectivity index (χ1n) is 15.3. The first-order chi connectivity index (χ1) is 18.2. The Labute approximate surface area is 250 Å². The number of unbranched alkanes of at least 4 members (excludes halogenated alkanes) is 13. The Bertz CT molecular complexity index is 706. The van der Waals surface area contributed by atoms with E-state index in [1.807, 2.05) is 24.4 Å². The Morgan fingerprint density at radius 1 is 0.921 bits per heavy atom. The second-order valence-corrected chi connectivity index (χ2v) is 10.7. The molecular formula is C31H55IN2O4. The van der Waals surface area contributed by atoms with Crippen LogP contribution in [0.5, 0.6) is 0 Å². The first-order valence-corrected chi connectivity index (χ1v) is 15.3. The number of nitrogens with zero attached hydrogens (tertiary/aromatic N) is 1. The third kappa shape index (κ3) is 16.9. The second-order valence-electron chi connectivity index (χ2n) is 10.7. The van der Waals surface area contributed by atoms with E-state index in [9.17, 15) is 4.79 Å². The lowest BCUT2D eigenvalue weighted by Gasteiger charge is -2.11. The standard InChI is InChI=1S/C31H54N2O4.HI/c1-3-5-6-7-8-9-10-11-12-13-14-15-16-19-22-35-25-28-23-30(36-26-28)27-37-31(34)32-24-29-20-17-18-21-33(29)4-2;/h17-18,20-21,28,30H,3-16,19,22-27H2,1-2H3;1H. The van der Waals surface area contributed by atoms with Crippen LogP contribution in [-0.2, 0) is 27.3 Å². The number of carbonyl (C=O) groups is 1. The van der Waals surface area contributed by atoms with Gasteiger partial charge in [0.2, 0.25) is 5.69 Å². The number of pyridine rings is 1. The van der Waals surface area contributed by atoms with Gasteiger partial charge in [-0.2, -0.15) is 0 Å². The number of alkyl carbamates (subject to hydrolysis) is 1. The summed E-state index contributed by atoms with van der Waals surface area (Å²) in [5, 5.41) is 2.83. The van der Waals surface area contributed by atoms with Crippen LogP contribution in [-0.4, -0.2) is 38.6 Å². The van der Waals surface area contributed by atoms with E-state index in [-0.39, 0.29) is 30.1 Å². The predicted octanol–water partition coefficient (Wildman–Crippen LogP) is 4.13. The zero-order chi connectivity index (χ0) is 26.4. The summed E-state index contributed by atoms with van der Waals surface area (Å²) in [7, 11) is 0. The summed E-state index contributed by atoms with van der Waals surface area (Å²) in [6, 6.07) is 5.97. The van der Waals surface area contributed by atoms with Crippen molar-refractivity contribution >= 4 is 6.09 Å². The topological polar surface area (TPSA) is 60.7 Å². The molecule has 0 saturated carbocycles. The number of carbonyl (C=O) groups excluding carboxylic acids is 1. The highest BCUT2D eigenvalue weighted by Crippen LogP contribution is 2.20. The molecule has 0 aliphatic carbocycles. The van der Waals surface area contributed by atoms with Gasteiger partial charge < -0.3 is 43.5 Å². The Morgan fingerprint density at radius 2 is 1.55 bits per heavy atom. The fourth-order valence-corrected chi connectivity index (χ4v) is 5.02. The van der Waals surface area contributed by atoms with Crippen LogP contribution in [0.2, 0.25) is 0 Å². The molecule has 0 aromatic carbocycles. The summed E-state index contributed by atoms with van der Waals surface area (Å²) in [5.41, 5.74) is 1.05. The largest absolute Gasteiger partial charge is 1.00 e. The third-order valence-electron chi connectivity index (χ3n) is 7.35. The fourth-order valence-electron chi connectivity index (χ4n) is 5.02. The van der Waals surface area contributed by atoms with E-state index >= 15 is 0 Å². The van der Waals surface area contributed by atoms with Gasteiger partial charge in [-0.05, 0) is 19.8 Å². The van der Waals surface area contributed by atoms with Gasteiger partial charge in [0.15, 0.2) is 6.20 Å². The lowest BCUT2D eigenvalue weighted by molar-refractivity contribution is -0.701. The quantitative estimate of drug-likeness (QED) is 0.117. The summed E-state index contributed by atoms with van der Waals surface area (Å²) in [6.07, 6.45) is 21.7. The van der Waals surface area contributed by atoms with Crippen LogP contribution >= 0.6 is 0 Å². The zero-order valence-corrected chi connectivity index (χ0v) is 26.4. The maximum absolute atomic E-state index is 12.1. The molecule has 1 aromatic rings. The summed E-state index contributed by atoms with van der Waals surface area (Å²) in [5.74, 6) is 0.399. The van der Waals surface area contributed by atoms with Gasteiger partial charge in [0, 0.05) is 24.7 Å². The molecule has 1 N–H and O–H groups in total. The summed E-state index contributed by atoms with van der Waals surface area (Å²) < 4.78 is 19.2. The average Bonchev–Trinajstić information content (AvgIpc) is 3.38. The smallest absolute Gasteiger partial charge is 0.407 e. The minimum Gasteiger partial charge on any atom is -1.00 e. The van der Waals surface area contributed by atoms with Gasteiger partial charge in [-0.15, -0.1) is 0 Å². The first kappa shape index (κ1) is 35.1. The van der Waals surface area contributed by atoms with Crippen LogP contribution in [0.15, 0.2) is 24.4 Å². The molecule has 2 unspecified atom stereocenters. The molecule has 220 valence electrons. The van der Waals surface area contributed by atoms with E-state index in [1.54, 1.807) is 0 Å². The maximum Gasteiger partial charge on any atom is 0.407 e. The second kappa shape index (κ2) is 23.9. The van der Waals surface area contributed by atoms with Crippen molar-refractivity contribution in [3.05, 3.63) is 30.1 Å². The Morgan fingerprint density at radius 3 is 2.18 bits per heavy atom. The maximum atomic E-state index is 12.1. The molecule has 0 spiro atoms. The van der Waals surface area contributed by atoms with E-state index in [0.717, 1.165) is 38.3 Å². The molecule has 1 amide bonds. The number of aromatic nitrogens is 1. The number of aryl methyl sites for hydroxylation is 1. The van der Waals surface area contributed by atoms with Crippen molar-refractivity contribution in [2.24, 2.45) is 5.92 Å². The van der Waals surface area contributed by atoms with E-state index in [2.05, 4.69) is 23.7 Å². The van der Waals surface area contributed by atoms with Gasteiger partial charge >= 0.3 is 6.09 Å². The lowest BCUT2D eigenvalue weighted by Crippen LogP contribution is -3.00. The molecule has 1 fully saturated rings. The number of amides is 1. The molecule has 1 aliphatic rings. The van der Waals surface area contributed by atoms with E-state index < -0.39 is 6.09 Å². The highest BCUT2D eigenvalue weighted by Gasteiger charge is 2.26. The van der Waals surface area contributed by atoms with Gasteiger partial charge in [-0.3, -0.25) is 0 Å². The minimum absolute atomic E-state index is 0. The van der Waals surface area contributed by atoms with Crippen LogP contribution in [0.1, 0.15) is 116 Å². The van der Waals surface area contributed by atoms with Crippen molar-refractivity contribution in [3.63, 3.8) is 0 Å². The van der Waals surface area contributed by atoms with Crippen LogP contribution in [0, 0.1) is 5.92 Å². The highest BCUT2D eigenvalue weighted by molar-refractivity contribution is 5.67. The van der Waals surface area contributed by atoms with Crippen LogP contribution in [0.25, 0.3) is 0 Å². The molecule has 0 bridgehead atoms. The SMILES string of the molecule is CCCCCCCCCCCCCCCCOCC1COC(COC(=O)NCc2cccc[n+]2CC)C1.[I-]. The van der Waals surface area contributed by atoms with E-state index in [4.69, 9.17) is 14.2 Å². The number of nitrogens with one attached hydrogen (secondary N) is 1. The number of ether oxygens (including phenoxy) is 3. The number of halogens is 1. The molecular weight excluding hydrogens is 591 g/mol. The monoisotopic (exact) mass is 646 g/mol. The van der Waals surface area contributed by atoms with Crippen molar-refractivity contribution in [1.82, 2.24) is 5.32 Å². The molecule has 1 aromatic heterocycles. The van der Waals surface area contributed by atoms with Crippen LogP contribution < -0.4 is 33.9 Å². The van der Waals surface area contributed by atoms with E-state index in [0.29, 0.717) is 25.7 Å². The Hall–Kier alpha value is -0.930. The molecule has 2 rings (SSSR count). The van der Waals surface area contributed by atoms with Crippen molar-refractivity contribution in [1.29, 1.82) is 0 Å². The van der Waals surface area contributed by atoms with Crippen molar-refractivity contribution in [2.45, 2.75) is 129 Å². The van der Waals surface area contributed by atoms with Crippen molar-refractivity contribution < 1.29 is 47.5 Å². The number of hydrogen-bond acceptors (Lipinski definition) is 4. The average molecular weight is 647 g/mol. The predicted molar refractivity (Wildman–Crippen MR) is 149 cm³/mol. The lowest BCUT2D eigenvalue weighted by atomic mass is 10.0. The fraction of sp³-hybridized carbons (Fsp3) is 0.806. The van der Waals surface area contributed by atoms with Crippen molar-refractivity contribution in [3.8, 4) is 0 Å². The summed E-state index contributed by atoms with van der Waals surface area (Å²) in [4.78, 5) is 12.1. The third-order valence-corrected chi connectivity index (χ3v) is 7.35. The van der Waals surface area contributed by atoms with Crippen molar-refractivity contribution in [2.75, 3.05) is 26.4 Å². The van der Waals surface area contributed by atoms with Gasteiger partial charge in [0.25, 0.3) is 0 Å². The summed E-state index contributed by atoms with van der Waals surface area (Å²) in [6.45, 7) is 8.26. The molecule has 2 heterocycles. The van der Waals surface area contributed by atoms with Gasteiger partial charge in [0.05, 0.1) is 19.3 Å². The number of hydrogen-bond donors (Lipinski definition) is 1. The van der Waals surface area contributed by atoms with Crippen LogP contribution in [0.4, 0.5) is 4.79 Å². The van der Waals surface area contributed by atoms with E-state index in [1.165, 1.54) is 83.5 Å². The molecule has 1 saturated heterocycles.